The molecule has 2 amide bonds. The van der Waals surface area contributed by atoms with Crippen molar-refractivity contribution in [1.29, 1.82) is 0 Å². The quantitative estimate of drug-likeness (QED) is 0.848. The molecule has 2 aromatic rings. The molecule has 0 radical (unpaired) electrons. The molecular formula is C24H31N3O. The molecule has 28 heavy (non-hydrogen) atoms. The smallest absolute Gasteiger partial charge is 0.321 e. The number of fused-ring (bicyclic) bond motifs is 1. The summed E-state index contributed by atoms with van der Waals surface area (Å²) < 4.78 is 0. The van der Waals surface area contributed by atoms with Crippen LogP contribution in [0.4, 0.5) is 10.5 Å². The summed E-state index contributed by atoms with van der Waals surface area (Å²) in [5.74, 6) is 0.691. The van der Waals surface area contributed by atoms with Crippen molar-refractivity contribution in [3.63, 3.8) is 0 Å². The molecule has 1 N–H and O–H groups in total. The van der Waals surface area contributed by atoms with Gasteiger partial charge in [0, 0.05) is 38.4 Å². The van der Waals surface area contributed by atoms with Crippen molar-refractivity contribution in [2.24, 2.45) is 5.92 Å². The lowest BCUT2D eigenvalue weighted by Crippen LogP contribution is -2.44. The minimum atomic E-state index is 0.0357. The molecule has 0 atom stereocenters. The largest absolute Gasteiger partial charge is 0.325 e. The lowest BCUT2D eigenvalue weighted by Gasteiger charge is -2.36. The Morgan fingerprint density at radius 2 is 1.75 bits per heavy atom. The molecule has 4 heteroatoms. The van der Waals surface area contributed by atoms with Gasteiger partial charge in [-0.25, -0.2) is 4.79 Å². The summed E-state index contributed by atoms with van der Waals surface area (Å²) in [6.07, 6.45) is 3.35. The van der Waals surface area contributed by atoms with Crippen molar-refractivity contribution >= 4 is 11.7 Å². The van der Waals surface area contributed by atoms with Crippen LogP contribution >= 0.6 is 0 Å². The van der Waals surface area contributed by atoms with Crippen molar-refractivity contribution in [3.8, 4) is 0 Å². The zero-order valence-electron chi connectivity index (χ0n) is 17.1. The zero-order valence-corrected chi connectivity index (χ0v) is 17.1. The number of urea groups is 1. The fourth-order valence-electron chi connectivity index (χ4n) is 4.42. The van der Waals surface area contributed by atoms with Gasteiger partial charge >= 0.3 is 6.03 Å². The van der Waals surface area contributed by atoms with Crippen molar-refractivity contribution in [1.82, 2.24) is 9.80 Å². The van der Waals surface area contributed by atoms with E-state index in [0.29, 0.717) is 5.92 Å². The minimum absolute atomic E-state index is 0.0357. The molecule has 0 aliphatic carbocycles. The van der Waals surface area contributed by atoms with E-state index < -0.39 is 0 Å². The second kappa shape index (κ2) is 8.36. The number of anilines is 1. The number of carbonyl (C=O) groups is 1. The van der Waals surface area contributed by atoms with Crippen LogP contribution in [0.25, 0.3) is 0 Å². The van der Waals surface area contributed by atoms with Crippen molar-refractivity contribution in [3.05, 3.63) is 64.7 Å². The Labute approximate surface area is 168 Å². The molecule has 1 saturated heterocycles. The minimum Gasteiger partial charge on any atom is -0.325 e. The van der Waals surface area contributed by atoms with Gasteiger partial charge in [-0.05, 0) is 73.4 Å². The van der Waals surface area contributed by atoms with Crippen LogP contribution in [0.1, 0.15) is 35.1 Å². The number of likely N-dealkylation sites (tertiary alicyclic amines) is 1. The van der Waals surface area contributed by atoms with Gasteiger partial charge in [-0.15, -0.1) is 0 Å². The first-order chi connectivity index (χ1) is 13.6. The number of nitrogens with one attached hydrogen (secondary N) is 1. The molecule has 2 heterocycles. The normalized spacial score (nSPS) is 18.0. The number of rotatable bonds is 3. The zero-order chi connectivity index (χ0) is 19.5. The molecule has 0 aromatic heterocycles. The average Bonchev–Trinajstić information content (AvgIpc) is 2.71. The maximum Gasteiger partial charge on any atom is 0.321 e. The van der Waals surface area contributed by atoms with Crippen LogP contribution in [-0.4, -0.2) is 42.0 Å². The summed E-state index contributed by atoms with van der Waals surface area (Å²) >= 11 is 0. The van der Waals surface area contributed by atoms with E-state index in [9.17, 15) is 4.79 Å². The van der Waals surface area contributed by atoms with E-state index in [4.69, 9.17) is 0 Å². The third kappa shape index (κ3) is 4.39. The van der Waals surface area contributed by atoms with E-state index in [0.717, 1.165) is 57.7 Å². The van der Waals surface area contributed by atoms with Crippen molar-refractivity contribution < 1.29 is 4.79 Å². The van der Waals surface area contributed by atoms with Gasteiger partial charge in [0.2, 0.25) is 0 Å². The number of carbonyl (C=O) groups excluding carboxylic acids is 1. The number of hydrogen-bond acceptors (Lipinski definition) is 2. The summed E-state index contributed by atoms with van der Waals surface area (Å²) in [4.78, 5) is 17.2. The number of benzene rings is 2. The van der Waals surface area contributed by atoms with E-state index >= 15 is 0 Å². The van der Waals surface area contributed by atoms with Crippen LogP contribution in [-0.2, 0) is 13.0 Å². The molecule has 148 valence electrons. The van der Waals surface area contributed by atoms with Crippen LogP contribution < -0.4 is 5.32 Å². The predicted octanol–water partition coefficient (Wildman–Crippen LogP) is 4.61. The molecule has 0 bridgehead atoms. The monoisotopic (exact) mass is 377 g/mol. The first-order valence-electron chi connectivity index (χ1n) is 10.5. The Balaban J connectivity index is 1.25. The number of hydrogen-bond donors (Lipinski definition) is 1. The van der Waals surface area contributed by atoms with Crippen molar-refractivity contribution in [2.75, 3.05) is 31.5 Å². The summed E-state index contributed by atoms with van der Waals surface area (Å²) in [6, 6.07) is 15.0. The van der Waals surface area contributed by atoms with E-state index in [1.807, 2.05) is 17.0 Å². The topological polar surface area (TPSA) is 35.6 Å². The summed E-state index contributed by atoms with van der Waals surface area (Å²) in [6.45, 7) is 9.26. The van der Waals surface area contributed by atoms with E-state index in [1.165, 1.54) is 22.3 Å². The number of aryl methyl sites for hydroxylation is 2. The molecule has 0 unspecified atom stereocenters. The molecule has 1 fully saturated rings. The molecule has 2 aliphatic rings. The molecule has 4 rings (SSSR count). The van der Waals surface area contributed by atoms with Gasteiger partial charge in [0.15, 0.2) is 0 Å². The SMILES string of the molecule is Cc1ccc(NC(=O)N2CCC(CN3CCc4ccccc4C3)CC2)cc1C. The van der Waals surface area contributed by atoms with Gasteiger partial charge in [0.25, 0.3) is 0 Å². The molecule has 0 spiro atoms. The Bertz CT molecular complexity index is 839. The average molecular weight is 378 g/mol. The highest BCUT2D eigenvalue weighted by Gasteiger charge is 2.25. The predicted molar refractivity (Wildman–Crippen MR) is 115 cm³/mol. The lowest BCUT2D eigenvalue weighted by molar-refractivity contribution is 0.147. The summed E-state index contributed by atoms with van der Waals surface area (Å²) in [7, 11) is 0. The van der Waals surface area contributed by atoms with Crippen LogP contribution in [0.3, 0.4) is 0 Å². The number of nitrogens with zero attached hydrogens (tertiary/aromatic N) is 2. The summed E-state index contributed by atoms with van der Waals surface area (Å²) in [5, 5.41) is 3.06. The Hall–Kier alpha value is -2.33. The maximum absolute atomic E-state index is 12.6. The first-order valence-corrected chi connectivity index (χ1v) is 10.5. The Kier molecular flexibility index (Phi) is 5.67. The molecular weight excluding hydrogens is 346 g/mol. The third-order valence-electron chi connectivity index (χ3n) is 6.39. The fraction of sp³-hybridized carbons (Fsp3) is 0.458. The first kappa shape index (κ1) is 19.0. The molecule has 2 aliphatic heterocycles. The molecule has 2 aromatic carbocycles. The van der Waals surface area contributed by atoms with Crippen LogP contribution in [0, 0.1) is 19.8 Å². The highest BCUT2D eigenvalue weighted by atomic mass is 16.2. The van der Waals surface area contributed by atoms with Gasteiger partial charge < -0.3 is 10.2 Å². The van der Waals surface area contributed by atoms with E-state index in [2.05, 4.69) is 54.4 Å². The van der Waals surface area contributed by atoms with Gasteiger partial charge in [-0.3, -0.25) is 4.90 Å². The molecule has 0 saturated carbocycles. The lowest BCUT2D eigenvalue weighted by atomic mass is 9.94. The van der Waals surface area contributed by atoms with Gasteiger partial charge in [-0.1, -0.05) is 30.3 Å². The fourth-order valence-corrected chi connectivity index (χ4v) is 4.42. The Morgan fingerprint density at radius 3 is 2.50 bits per heavy atom. The van der Waals surface area contributed by atoms with Gasteiger partial charge in [0.1, 0.15) is 0 Å². The van der Waals surface area contributed by atoms with E-state index in [-0.39, 0.29) is 6.03 Å². The van der Waals surface area contributed by atoms with Crippen LogP contribution in [0.15, 0.2) is 42.5 Å². The van der Waals surface area contributed by atoms with Gasteiger partial charge in [0.05, 0.1) is 0 Å². The van der Waals surface area contributed by atoms with Crippen LogP contribution in [0.2, 0.25) is 0 Å². The highest BCUT2D eigenvalue weighted by molar-refractivity contribution is 5.89. The van der Waals surface area contributed by atoms with Crippen LogP contribution in [0.5, 0.6) is 0 Å². The third-order valence-corrected chi connectivity index (χ3v) is 6.39. The second-order valence-electron chi connectivity index (χ2n) is 8.41. The highest BCUT2D eigenvalue weighted by Crippen LogP contribution is 2.24. The van der Waals surface area contributed by atoms with E-state index in [1.54, 1.807) is 0 Å². The standard InChI is InChI=1S/C24H31N3O/c1-18-7-8-23(15-19(18)2)25-24(28)27-13-9-20(10-14-27)16-26-12-11-21-5-3-4-6-22(21)17-26/h3-8,15,20H,9-14,16-17H2,1-2H3,(H,25,28). The van der Waals surface area contributed by atoms with Gasteiger partial charge in [-0.2, -0.15) is 0 Å². The maximum atomic E-state index is 12.6. The Morgan fingerprint density at radius 1 is 1.00 bits per heavy atom. The number of amides is 2. The molecule has 4 nitrogen and oxygen atoms in total. The second-order valence-corrected chi connectivity index (χ2v) is 8.41. The van der Waals surface area contributed by atoms with Crippen molar-refractivity contribution in [2.45, 2.75) is 39.7 Å². The number of piperidine rings is 1. The summed E-state index contributed by atoms with van der Waals surface area (Å²) in [5.41, 5.74) is 6.34.